The van der Waals surface area contributed by atoms with Crippen molar-refractivity contribution in [2.45, 2.75) is 11.3 Å². The van der Waals surface area contributed by atoms with Gasteiger partial charge in [-0.25, -0.2) is 18.1 Å². The van der Waals surface area contributed by atoms with Gasteiger partial charge in [-0.2, -0.15) is 4.98 Å². The highest BCUT2D eigenvalue weighted by atomic mass is 32.2. The average Bonchev–Trinajstić information content (AvgIpc) is 2.93. The van der Waals surface area contributed by atoms with Crippen molar-refractivity contribution in [2.24, 2.45) is 0 Å². The molecule has 1 aromatic heterocycles. The molecule has 9 nitrogen and oxygen atoms in total. The zero-order chi connectivity index (χ0) is 25.7. The topological polar surface area (TPSA) is 122 Å². The van der Waals surface area contributed by atoms with E-state index in [0.717, 1.165) is 11.1 Å². The average molecular weight is 516 g/mol. The van der Waals surface area contributed by atoms with Crippen LogP contribution in [0.2, 0.25) is 0 Å². The van der Waals surface area contributed by atoms with Crippen LogP contribution in [0.25, 0.3) is 11.1 Å². The summed E-state index contributed by atoms with van der Waals surface area (Å²) in [6, 6.07) is 22.9. The Morgan fingerprint density at radius 2 is 1.76 bits per heavy atom. The van der Waals surface area contributed by atoms with E-state index in [-0.39, 0.29) is 23.8 Å². The van der Waals surface area contributed by atoms with Crippen molar-refractivity contribution in [3.63, 3.8) is 0 Å². The van der Waals surface area contributed by atoms with E-state index in [2.05, 4.69) is 25.3 Å². The number of hydrogen-bond donors (Lipinski definition) is 3. The number of carbonyl (C=O) groups is 1. The lowest BCUT2D eigenvalue weighted by Crippen LogP contribution is -2.26. The van der Waals surface area contributed by atoms with Crippen LogP contribution < -0.4 is 20.1 Å². The van der Waals surface area contributed by atoms with Crippen LogP contribution in [0.1, 0.15) is 16.8 Å². The van der Waals surface area contributed by atoms with Crippen LogP contribution in [-0.2, 0) is 10.0 Å². The molecule has 0 saturated carbocycles. The van der Waals surface area contributed by atoms with Crippen LogP contribution >= 0.6 is 0 Å². The molecule has 0 amide bonds. The summed E-state index contributed by atoms with van der Waals surface area (Å²) in [6.07, 6.45) is 2.28. The van der Waals surface area contributed by atoms with E-state index >= 15 is 0 Å². The van der Waals surface area contributed by atoms with E-state index in [1.54, 1.807) is 54.7 Å². The van der Waals surface area contributed by atoms with Crippen LogP contribution in [0.3, 0.4) is 0 Å². The van der Waals surface area contributed by atoms with Crippen molar-refractivity contribution in [1.29, 1.82) is 0 Å². The lowest BCUT2D eigenvalue weighted by atomic mass is 10.1. The van der Waals surface area contributed by atoms with Gasteiger partial charge in [0.2, 0.25) is 16.0 Å². The molecule has 1 aliphatic heterocycles. The molecule has 188 valence electrons. The number of fused-ring (bicyclic) bond motifs is 4. The maximum Gasteiger partial charge on any atom is 0.240 e. The first-order valence-electron chi connectivity index (χ1n) is 11.8. The van der Waals surface area contributed by atoms with Gasteiger partial charge >= 0.3 is 0 Å². The number of aromatic nitrogens is 2. The fourth-order valence-electron chi connectivity index (χ4n) is 3.83. The monoisotopic (exact) mass is 515 g/mol. The number of ketones is 1. The second-order valence-electron chi connectivity index (χ2n) is 8.39. The summed E-state index contributed by atoms with van der Waals surface area (Å²) >= 11 is 0. The van der Waals surface area contributed by atoms with Crippen LogP contribution in [0, 0.1) is 0 Å². The highest BCUT2D eigenvalue weighted by Gasteiger charge is 2.16. The van der Waals surface area contributed by atoms with Crippen LogP contribution in [0.5, 0.6) is 5.75 Å². The Kier molecular flexibility index (Phi) is 7.11. The van der Waals surface area contributed by atoms with Crippen molar-refractivity contribution in [1.82, 2.24) is 14.7 Å². The Hall–Kier alpha value is -4.28. The van der Waals surface area contributed by atoms with Crippen molar-refractivity contribution in [3.05, 3.63) is 90.6 Å². The number of rotatable bonds is 5. The number of sulfonamides is 1. The Morgan fingerprint density at radius 3 is 2.57 bits per heavy atom. The van der Waals surface area contributed by atoms with Crippen molar-refractivity contribution < 1.29 is 17.9 Å². The minimum absolute atomic E-state index is 0.0510. The number of carbonyl (C=O) groups excluding carboxylic acids is 1. The molecular formula is C27H25N5O4S. The third-order valence-corrected chi connectivity index (χ3v) is 7.22. The van der Waals surface area contributed by atoms with E-state index < -0.39 is 10.0 Å². The van der Waals surface area contributed by atoms with Gasteiger partial charge in [0.05, 0.1) is 4.90 Å². The van der Waals surface area contributed by atoms with Gasteiger partial charge in [0.15, 0.2) is 12.4 Å². The molecule has 0 spiro atoms. The SMILES string of the molecule is O=C(COc1ccc(-c2cnc3nc2NCCCNS(=O)(=O)c2cccc(c2)N3)cc1)c1ccccc1. The molecule has 5 rings (SSSR count). The van der Waals surface area contributed by atoms with E-state index in [9.17, 15) is 13.2 Å². The molecule has 1 aliphatic rings. The predicted octanol–water partition coefficient (Wildman–Crippen LogP) is 4.24. The van der Waals surface area contributed by atoms with E-state index in [1.807, 2.05) is 30.3 Å². The molecule has 10 heteroatoms. The minimum Gasteiger partial charge on any atom is -0.485 e. The summed E-state index contributed by atoms with van der Waals surface area (Å²) in [5, 5.41) is 6.38. The van der Waals surface area contributed by atoms with Gasteiger partial charge in [0.25, 0.3) is 0 Å². The smallest absolute Gasteiger partial charge is 0.240 e. The summed E-state index contributed by atoms with van der Waals surface area (Å²) in [4.78, 5) is 21.6. The number of anilines is 3. The van der Waals surface area contributed by atoms with Gasteiger partial charge in [-0.05, 0) is 42.3 Å². The fourth-order valence-corrected chi connectivity index (χ4v) is 4.95. The number of ether oxygens (including phenoxy) is 1. The standard InChI is InChI=1S/C27H25N5O4S/c33-25(20-6-2-1-3-7-20)18-36-22-12-10-19(11-13-22)24-17-29-27-31-21-8-4-9-23(16-21)37(34,35)30-15-5-14-28-26(24)32-27/h1-4,6-13,16-17,30H,5,14-15,18H2,(H2,28,29,31,32). The van der Waals surface area contributed by atoms with Crippen molar-refractivity contribution >= 4 is 33.3 Å². The van der Waals surface area contributed by atoms with Crippen molar-refractivity contribution in [2.75, 3.05) is 30.3 Å². The second-order valence-corrected chi connectivity index (χ2v) is 10.2. The first-order chi connectivity index (χ1) is 18.0. The molecule has 0 aliphatic carbocycles. The fraction of sp³-hybridized carbons (Fsp3) is 0.148. The summed E-state index contributed by atoms with van der Waals surface area (Å²) in [7, 11) is -3.61. The van der Waals surface area contributed by atoms with Crippen LogP contribution in [-0.4, -0.2) is 43.9 Å². The molecule has 0 fully saturated rings. The first kappa shape index (κ1) is 24.4. The van der Waals surface area contributed by atoms with E-state index in [1.165, 1.54) is 0 Å². The third kappa shape index (κ3) is 5.93. The molecule has 4 aromatic rings. The Balaban J connectivity index is 1.35. The molecule has 0 radical (unpaired) electrons. The maximum atomic E-state index is 12.6. The summed E-state index contributed by atoms with van der Waals surface area (Å²) in [5.41, 5.74) is 2.81. The number of hydrogen-bond acceptors (Lipinski definition) is 8. The van der Waals surface area contributed by atoms with Gasteiger partial charge in [-0.15, -0.1) is 0 Å². The molecule has 0 unspecified atom stereocenters. The van der Waals surface area contributed by atoms with Crippen molar-refractivity contribution in [3.8, 4) is 16.9 Å². The number of nitrogens with one attached hydrogen (secondary N) is 3. The molecule has 3 N–H and O–H groups in total. The van der Waals surface area contributed by atoms with E-state index in [4.69, 9.17) is 4.74 Å². The highest BCUT2D eigenvalue weighted by Crippen LogP contribution is 2.29. The lowest BCUT2D eigenvalue weighted by molar-refractivity contribution is 0.0921. The minimum atomic E-state index is -3.61. The van der Waals surface area contributed by atoms with Gasteiger partial charge in [0.1, 0.15) is 11.6 Å². The summed E-state index contributed by atoms with van der Waals surface area (Å²) in [6.45, 7) is 0.741. The molecule has 0 atom stereocenters. The third-order valence-electron chi connectivity index (χ3n) is 5.76. The van der Waals surface area contributed by atoms with Gasteiger partial charge in [-0.1, -0.05) is 48.5 Å². The molecule has 37 heavy (non-hydrogen) atoms. The quantitative estimate of drug-likeness (QED) is 0.337. The molecular weight excluding hydrogens is 490 g/mol. The summed E-state index contributed by atoms with van der Waals surface area (Å²) < 4.78 is 33.4. The van der Waals surface area contributed by atoms with Gasteiger partial charge in [0, 0.05) is 36.1 Å². The second kappa shape index (κ2) is 10.8. The van der Waals surface area contributed by atoms with Gasteiger partial charge < -0.3 is 15.4 Å². The molecule has 4 bridgehead atoms. The summed E-state index contributed by atoms with van der Waals surface area (Å²) in [5.74, 6) is 1.44. The highest BCUT2D eigenvalue weighted by molar-refractivity contribution is 7.89. The maximum absolute atomic E-state index is 12.6. The zero-order valence-electron chi connectivity index (χ0n) is 19.8. The largest absolute Gasteiger partial charge is 0.485 e. The number of nitrogens with zero attached hydrogens (tertiary/aromatic N) is 2. The number of Topliss-reactive ketones (excluding diaryl/α,β-unsaturated/α-hetero) is 1. The van der Waals surface area contributed by atoms with Crippen LogP contribution in [0.4, 0.5) is 17.5 Å². The van der Waals surface area contributed by atoms with Gasteiger partial charge in [-0.3, -0.25) is 4.79 Å². The zero-order valence-corrected chi connectivity index (χ0v) is 20.7. The van der Waals surface area contributed by atoms with E-state index in [0.29, 0.717) is 41.7 Å². The van der Waals surface area contributed by atoms with Crippen LogP contribution in [0.15, 0.2) is 90.0 Å². The first-order valence-corrected chi connectivity index (χ1v) is 13.3. The Bertz CT molecular complexity index is 1510. The molecule has 3 aromatic carbocycles. The lowest BCUT2D eigenvalue weighted by Gasteiger charge is -2.13. The normalized spacial score (nSPS) is 14.6. The number of benzene rings is 3. The Labute approximate surface area is 215 Å². The molecule has 2 heterocycles. The Morgan fingerprint density at radius 1 is 0.946 bits per heavy atom. The predicted molar refractivity (Wildman–Crippen MR) is 142 cm³/mol. The molecule has 0 saturated heterocycles.